The van der Waals surface area contributed by atoms with Crippen molar-refractivity contribution in [3.05, 3.63) is 41.5 Å². The third kappa shape index (κ3) is 3.72. The number of para-hydroxylation sites is 1. The van der Waals surface area contributed by atoms with Crippen LogP contribution in [0.25, 0.3) is 0 Å². The number of aryl methyl sites for hydroxylation is 1. The number of hydrogen-bond acceptors (Lipinski definition) is 6. The molecule has 1 aromatic carbocycles. The summed E-state index contributed by atoms with van der Waals surface area (Å²) in [5.74, 6) is 2.47. The lowest BCUT2D eigenvalue weighted by molar-refractivity contribution is -0.137. The van der Waals surface area contributed by atoms with Gasteiger partial charge in [-0.25, -0.2) is 0 Å². The fourth-order valence-electron chi connectivity index (χ4n) is 3.69. The second kappa shape index (κ2) is 7.45. The summed E-state index contributed by atoms with van der Waals surface area (Å²) in [5.41, 5.74) is 1.13. The highest BCUT2D eigenvalue weighted by atomic mass is 16.5. The van der Waals surface area contributed by atoms with Crippen LogP contribution in [0.15, 0.2) is 28.8 Å². The van der Waals surface area contributed by atoms with Gasteiger partial charge in [-0.05, 0) is 24.5 Å². The molecule has 2 aliphatic heterocycles. The second-order valence-corrected chi connectivity index (χ2v) is 6.98. The first-order chi connectivity index (χ1) is 12.7. The number of fused-ring (bicyclic) bond motifs is 1. The van der Waals surface area contributed by atoms with Gasteiger partial charge in [0.15, 0.2) is 5.82 Å². The van der Waals surface area contributed by atoms with Gasteiger partial charge in [-0.15, -0.1) is 0 Å². The monoisotopic (exact) mass is 356 g/mol. The van der Waals surface area contributed by atoms with Crippen LogP contribution in [-0.4, -0.2) is 58.6 Å². The van der Waals surface area contributed by atoms with E-state index in [1.165, 1.54) is 0 Å². The zero-order valence-corrected chi connectivity index (χ0v) is 15.1. The number of carbonyl (C=O) groups excluding carboxylic acids is 1. The smallest absolute Gasteiger partial charge is 0.226 e. The Balaban J connectivity index is 1.33. The summed E-state index contributed by atoms with van der Waals surface area (Å²) in [6.45, 7) is 6.22. The quantitative estimate of drug-likeness (QED) is 0.833. The summed E-state index contributed by atoms with van der Waals surface area (Å²) >= 11 is 0. The standard InChI is InChI=1S/C19H24N4O3/c1-14-20-18(21-26-14)13-22-7-9-23(10-8-22)19(24)16-6-11-25-17-5-3-2-4-15(17)12-16/h2-5,16H,6-13H2,1H3/t16-/m0/s1. The average molecular weight is 356 g/mol. The second-order valence-electron chi connectivity index (χ2n) is 6.98. The molecule has 1 fully saturated rings. The Labute approximate surface area is 152 Å². The van der Waals surface area contributed by atoms with Gasteiger partial charge in [0.1, 0.15) is 5.75 Å². The Morgan fingerprint density at radius 2 is 2.04 bits per heavy atom. The van der Waals surface area contributed by atoms with Gasteiger partial charge < -0.3 is 14.2 Å². The third-order valence-corrected chi connectivity index (χ3v) is 5.13. The SMILES string of the molecule is Cc1nc(CN2CCN(C(=O)[C@H]3CCOc4ccccc4C3)CC2)no1. The summed E-state index contributed by atoms with van der Waals surface area (Å²) in [7, 11) is 0. The van der Waals surface area contributed by atoms with Crippen LogP contribution in [0.3, 0.4) is 0 Å². The lowest BCUT2D eigenvalue weighted by atomic mass is 9.95. The Morgan fingerprint density at radius 3 is 2.81 bits per heavy atom. The topological polar surface area (TPSA) is 71.7 Å². The van der Waals surface area contributed by atoms with Crippen LogP contribution < -0.4 is 4.74 Å². The van der Waals surface area contributed by atoms with Crippen LogP contribution in [0, 0.1) is 12.8 Å². The number of ether oxygens (including phenoxy) is 1. The number of hydrogen-bond donors (Lipinski definition) is 0. The molecule has 2 aliphatic rings. The third-order valence-electron chi connectivity index (χ3n) is 5.13. The molecule has 0 bridgehead atoms. The van der Waals surface area contributed by atoms with E-state index in [9.17, 15) is 4.79 Å². The highest BCUT2D eigenvalue weighted by molar-refractivity contribution is 5.79. The van der Waals surface area contributed by atoms with E-state index in [1.807, 2.05) is 23.1 Å². The maximum absolute atomic E-state index is 13.0. The highest BCUT2D eigenvalue weighted by Crippen LogP contribution is 2.27. The Hall–Kier alpha value is -2.41. The van der Waals surface area contributed by atoms with Crippen LogP contribution in [0.1, 0.15) is 23.7 Å². The summed E-state index contributed by atoms with van der Waals surface area (Å²) in [5, 5.41) is 3.95. The van der Waals surface area contributed by atoms with E-state index in [-0.39, 0.29) is 11.8 Å². The fraction of sp³-hybridized carbons (Fsp3) is 0.526. The number of piperazine rings is 1. The molecule has 2 aromatic rings. The maximum atomic E-state index is 13.0. The van der Waals surface area contributed by atoms with Crippen LogP contribution in [0.4, 0.5) is 0 Å². The molecule has 1 atom stereocenters. The molecule has 1 aromatic heterocycles. The Morgan fingerprint density at radius 1 is 1.23 bits per heavy atom. The Kier molecular flexibility index (Phi) is 4.88. The first kappa shape index (κ1) is 17.0. The van der Waals surface area contributed by atoms with E-state index in [2.05, 4.69) is 21.1 Å². The van der Waals surface area contributed by atoms with E-state index >= 15 is 0 Å². The van der Waals surface area contributed by atoms with Crippen LogP contribution in [0.5, 0.6) is 5.75 Å². The van der Waals surface area contributed by atoms with Gasteiger partial charge in [0, 0.05) is 39.0 Å². The highest BCUT2D eigenvalue weighted by Gasteiger charge is 2.30. The van der Waals surface area contributed by atoms with Gasteiger partial charge in [0.05, 0.1) is 13.2 Å². The minimum absolute atomic E-state index is 0.00468. The molecule has 26 heavy (non-hydrogen) atoms. The van der Waals surface area contributed by atoms with E-state index < -0.39 is 0 Å². The molecule has 7 heteroatoms. The van der Waals surface area contributed by atoms with Gasteiger partial charge >= 0.3 is 0 Å². The van der Waals surface area contributed by atoms with E-state index in [0.29, 0.717) is 24.9 Å². The maximum Gasteiger partial charge on any atom is 0.226 e. The van der Waals surface area contributed by atoms with Gasteiger partial charge in [0.2, 0.25) is 11.8 Å². The fourth-order valence-corrected chi connectivity index (χ4v) is 3.69. The molecule has 0 N–H and O–H groups in total. The normalized spacial score (nSPS) is 21.0. The summed E-state index contributed by atoms with van der Waals surface area (Å²) in [6, 6.07) is 8.03. The zero-order chi connectivity index (χ0) is 17.9. The van der Waals surface area contributed by atoms with Crippen molar-refractivity contribution < 1.29 is 14.1 Å². The molecule has 138 valence electrons. The van der Waals surface area contributed by atoms with Crippen molar-refractivity contribution in [3.8, 4) is 5.75 Å². The van der Waals surface area contributed by atoms with Gasteiger partial charge in [0.25, 0.3) is 0 Å². The average Bonchev–Trinajstić information content (AvgIpc) is 2.94. The van der Waals surface area contributed by atoms with Crippen molar-refractivity contribution in [2.24, 2.45) is 5.92 Å². The van der Waals surface area contributed by atoms with Crippen molar-refractivity contribution in [2.45, 2.75) is 26.3 Å². The predicted octanol–water partition coefficient (Wildman–Crippen LogP) is 1.66. The number of amides is 1. The van der Waals surface area contributed by atoms with Gasteiger partial charge in [-0.3, -0.25) is 9.69 Å². The molecule has 1 amide bonds. The number of carbonyl (C=O) groups is 1. The molecular formula is C19H24N4O3. The van der Waals surface area contributed by atoms with Crippen LogP contribution >= 0.6 is 0 Å². The first-order valence-electron chi connectivity index (χ1n) is 9.20. The van der Waals surface area contributed by atoms with Crippen LogP contribution in [-0.2, 0) is 17.8 Å². The molecule has 3 heterocycles. The number of rotatable bonds is 3. The van der Waals surface area contributed by atoms with Crippen molar-refractivity contribution >= 4 is 5.91 Å². The molecule has 0 saturated carbocycles. The molecule has 0 radical (unpaired) electrons. The van der Waals surface area contributed by atoms with Crippen molar-refractivity contribution in [1.29, 1.82) is 0 Å². The first-order valence-corrected chi connectivity index (χ1v) is 9.20. The molecule has 0 aliphatic carbocycles. The molecule has 1 saturated heterocycles. The van der Waals surface area contributed by atoms with Gasteiger partial charge in [-0.1, -0.05) is 23.4 Å². The number of aromatic nitrogens is 2. The number of nitrogens with zero attached hydrogens (tertiary/aromatic N) is 4. The number of benzene rings is 1. The predicted molar refractivity (Wildman–Crippen MR) is 94.6 cm³/mol. The molecule has 0 unspecified atom stereocenters. The Bertz CT molecular complexity index is 768. The van der Waals surface area contributed by atoms with E-state index in [4.69, 9.17) is 9.26 Å². The molecular weight excluding hydrogens is 332 g/mol. The minimum atomic E-state index is 0.00468. The minimum Gasteiger partial charge on any atom is -0.493 e. The van der Waals surface area contributed by atoms with E-state index in [0.717, 1.165) is 50.3 Å². The van der Waals surface area contributed by atoms with Gasteiger partial charge in [-0.2, -0.15) is 4.98 Å². The van der Waals surface area contributed by atoms with Crippen LogP contribution in [0.2, 0.25) is 0 Å². The zero-order valence-electron chi connectivity index (χ0n) is 15.1. The largest absolute Gasteiger partial charge is 0.493 e. The molecule has 0 spiro atoms. The lowest BCUT2D eigenvalue weighted by Gasteiger charge is -2.35. The van der Waals surface area contributed by atoms with Crippen molar-refractivity contribution in [1.82, 2.24) is 19.9 Å². The molecule has 4 rings (SSSR count). The summed E-state index contributed by atoms with van der Waals surface area (Å²) in [4.78, 5) is 21.5. The van der Waals surface area contributed by atoms with Crippen molar-refractivity contribution in [3.63, 3.8) is 0 Å². The summed E-state index contributed by atoms with van der Waals surface area (Å²) < 4.78 is 10.8. The van der Waals surface area contributed by atoms with E-state index in [1.54, 1.807) is 6.92 Å². The molecule has 7 nitrogen and oxygen atoms in total. The van der Waals surface area contributed by atoms with Crippen molar-refractivity contribution in [2.75, 3.05) is 32.8 Å². The lowest BCUT2D eigenvalue weighted by Crippen LogP contribution is -2.50. The summed E-state index contributed by atoms with van der Waals surface area (Å²) in [6.07, 6.45) is 1.53.